The molecule has 1 aromatic heterocycles. The molecule has 7 nitrogen and oxygen atoms in total. The van der Waals surface area contributed by atoms with Crippen LogP contribution in [0.4, 0.5) is 0 Å². The second-order valence-corrected chi connectivity index (χ2v) is 4.44. The first-order chi connectivity index (χ1) is 9.02. The molecule has 19 heavy (non-hydrogen) atoms. The number of hydrogen-bond donors (Lipinski definition) is 0. The van der Waals surface area contributed by atoms with Crippen molar-refractivity contribution in [2.45, 2.75) is 6.42 Å². The van der Waals surface area contributed by atoms with Crippen molar-refractivity contribution in [3.63, 3.8) is 0 Å². The lowest BCUT2D eigenvalue weighted by atomic mass is 10.1. The first-order valence-electron chi connectivity index (χ1n) is 5.94. The number of esters is 1. The largest absolute Gasteiger partial charge is 0.469 e. The van der Waals surface area contributed by atoms with E-state index in [1.54, 1.807) is 4.90 Å². The Hall–Kier alpha value is -2.18. The maximum Gasteiger partial charge on any atom is 0.310 e. The molecular weight excluding hydrogens is 250 g/mol. The summed E-state index contributed by atoms with van der Waals surface area (Å²) in [5.74, 6) is -0.854. The molecule has 2 rings (SSSR count). The standard InChI is InChI=1S/C12H15N3O4/c1-14-10(16)4-3-9(13-14)11(17)15-6-5-8(7-15)12(18)19-2/h3-4,8H,5-7H2,1-2H3. The SMILES string of the molecule is COC(=O)C1CCN(C(=O)c2ccc(=O)n(C)n2)C1. The van der Waals surface area contributed by atoms with Crippen LogP contribution in [0.1, 0.15) is 16.9 Å². The molecular formula is C12H15N3O4. The van der Waals surface area contributed by atoms with Crippen LogP contribution < -0.4 is 5.56 Å². The van der Waals surface area contributed by atoms with E-state index < -0.39 is 0 Å². The fourth-order valence-electron chi connectivity index (χ4n) is 2.08. The zero-order chi connectivity index (χ0) is 14.0. The molecule has 0 saturated carbocycles. The number of likely N-dealkylation sites (tertiary alicyclic amines) is 1. The van der Waals surface area contributed by atoms with Crippen molar-refractivity contribution in [3.8, 4) is 0 Å². The Bertz CT molecular complexity index is 566. The van der Waals surface area contributed by atoms with Crippen molar-refractivity contribution in [3.05, 3.63) is 28.2 Å². The summed E-state index contributed by atoms with van der Waals surface area (Å²) in [7, 11) is 2.82. The maximum absolute atomic E-state index is 12.2. The van der Waals surface area contributed by atoms with Crippen LogP contribution in [0.25, 0.3) is 0 Å². The van der Waals surface area contributed by atoms with Gasteiger partial charge in [-0.15, -0.1) is 0 Å². The van der Waals surface area contributed by atoms with Crippen LogP contribution in [-0.2, 0) is 16.6 Å². The van der Waals surface area contributed by atoms with Crippen molar-refractivity contribution in [2.24, 2.45) is 13.0 Å². The average Bonchev–Trinajstić information content (AvgIpc) is 2.89. The van der Waals surface area contributed by atoms with Gasteiger partial charge in [0.25, 0.3) is 11.5 Å². The molecule has 0 N–H and O–H groups in total. The first kappa shape index (κ1) is 13.3. The van der Waals surface area contributed by atoms with Crippen molar-refractivity contribution >= 4 is 11.9 Å². The number of aryl methyl sites for hydroxylation is 1. The van der Waals surface area contributed by atoms with Crippen molar-refractivity contribution < 1.29 is 14.3 Å². The highest BCUT2D eigenvalue weighted by atomic mass is 16.5. The van der Waals surface area contributed by atoms with Gasteiger partial charge in [0.05, 0.1) is 13.0 Å². The van der Waals surface area contributed by atoms with Gasteiger partial charge in [-0.05, 0) is 12.5 Å². The second-order valence-electron chi connectivity index (χ2n) is 4.44. The average molecular weight is 265 g/mol. The van der Waals surface area contributed by atoms with E-state index in [1.807, 2.05) is 0 Å². The van der Waals surface area contributed by atoms with Gasteiger partial charge < -0.3 is 9.64 Å². The smallest absolute Gasteiger partial charge is 0.310 e. The monoisotopic (exact) mass is 265 g/mol. The Labute approximate surface area is 109 Å². The molecule has 1 aromatic rings. The number of hydrogen-bond acceptors (Lipinski definition) is 5. The van der Waals surface area contributed by atoms with Gasteiger partial charge in [-0.3, -0.25) is 14.4 Å². The number of rotatable bonds is 2. The van der Waals surface area contributed by atoms with Gasteiger partial charge in [0.15, 0.2) is 0 Å². The third kappa shape index (κ3) is 2.64. The van der Waals surface area contributed by atoms with E-state index in [0.717, 1.165) is 4.68 Å². The Morgan fingerprint density at radius 1 is 1.42 bits per heavy atom. The number of nitrogens with zero attached hydrogens (tertiary/aromatic N) is 3. The number of methoxy groups -OCH3 is 1. The highest BCUT2D eigenvalue weighted by Crippen LogP contribution is 2.18. The van der Waals surface area contributed by atoms with Gasteiger partial charge in [0.1, 0.15) is 5.69 Å². The summed E-state index contributed by atoms with van der Waals surface area (Å²) in [5.41, 5.74) is -0.0713. The maximum atomic E-state index is 12.2. The molecule has 0 spiro atoms. The highest BCUT2D eigenvalue weighted by molar-refractivity contribution is 5.92. The van der Waals surface area contributed by atoms with E-state index in [1.165, 1.54) is 26.3 Å². The minimum atomic E-state index is -0.302. The number of aromatic nitrogens is 2. The van der Waals surface area contributed by atoms with Gasteiger partial charge in [-0.1, -0.05) is 0 Å². The summed E-state index contributed by atoms with van der Waals surface area (Å²) < 4.78 is 5.78. The normalized spacial score (nSPS) is 18.4. The molecule has 1 saturated heterocycles. The van der Waals surface area contributed by atoms with Gasteiger partial charge >= 0.3 is 5.97 Å². The predicted octanol–water partition coefficient (Wildman–Crippen LogP) is -0.585. The predicted molar refractivity (Wildman–Crippen MR) is 65.5 cm³/mol. The lowest BCUT2D eigenvalue weighted by molar-refractivity contribution is -0.144. The third-order valence-electron chi connectivity index (χ3n) is 3.19. The zero-order valence-corrected chi connectivity index (χ0v) is 10.8. The van der Waals surface area contributed by atoms with Crippen LogP contribution >= 0.6 is 0 Å². The van der Waals surface area contributed by atoms with Crippen LogP contribution in [0.5, 0.6) is 0 Å². The van der Waals surface area contributed by atoms with E-state index in [2.05, 4.69) is 9.84 Å². The molecule has 1 unspecified atom stereocenters. The molecule has 7 heteroatoms. The minimum absolute atomic E-state index is 0.201. The molecule has 1 amide bonds. The van der Waals surface area contributed by atoms with Crippen LogP contribution in [-0.4, -0.2) is 46.8 Å². The van der Waals surface area contributed by atoms with Gasteiger partial charge in [0, 0.05) is 26.2 Å². The van der Waals surface area contributed by atoms with Crippen LogP contribution in [0.2, 0.25) is 0 Å². The Morgan fingerprint density at radius 3 is 2.79 bits per heavy atom. The molecule has 1 fully saturated rings. The third-order valence-corrected chi connectivity index (χ3v) is 3.19. The number of ether oxygens (including phenoxy) is 1. The van der Waals surface area contributed by atoms with Crippen molar-refractivity contribution in [1.29, 1.82) is 0 Å². The topological polar surface area (TPSA) is 81.5 Å². The zero-order valence-electron chi connectivity index (χ0n) is 10.8. The van der Waals surface area contributed by atoms with Crippen LogP contribution in [0, 0.1) is 5.92 Å². The lowest BCUT2D eigenvalue weighted by Crippen LogP contribution is -2.32. The molecule has 0 radical (unpaired) electrons. The first-order valence-corrected chi connectivity index (χ1v) is 5.94. The van der Waals surface area contributed by atoms with E-state index in [0.29, 0.717) is 19.5 Å². The van der Waals surface area contributed by atoms with Gasteiger partial charge in [-0.25, -0.2) is 4.68 Å². The van der Waals surface area contributed by atoms with E-state index in [9.17, 15) is 14.4 Å². The summed E-state index contributed by atoms with van der Waals surface area (Å²) in [6, 6.07) is 2.70. The molecule has 0 aromatic carbocycles. The number of amides is 1. The fraction of sp³-hybridized carbons (Fsp3) is 0.500. The molecule has 0 bridgehead atoms. The number of carbonyl (C=O) groups excluding carboxylic acids is 2. The van der Waals surface area contributed by atoms with Crippen LogP contribution in [0.3, 0.4) is 0 Å². The molecule has 1 atom stereocenters. The van der Waals surface area contributed by atoms with E-state index in [4.69, 9.17) is 0 Å². The Balaban J connectivity index is 2.11. The van der Waals surface area contributed by atoms with Crippen LogP contribution in [0.15, 0.2) is 16.9 Å². The minimum Gasteiger partial charge on any atom is -0.469 e. The van der Waals surface area contributed by atoms with Gasteiger partial charge in [-0.2, -0.15) is 5.10 Å². The highest BCUT2D eigenvalue weighted by Gasteiger charge is 2.32. The second kappa shape index (κ2) is 5.21. The molecule has 1 aliphatic rings. The van der Waals surface area contributed by atoms with Gasteiger partial charge in [0.2, 0.25) is 0 Å². The Kier molecular flexibility index (Phi) is 3.64. The number of carbonyl (C=O) groups is 2. The summed E-state index contributed by atoms with van der Waals surface area (Å²) >= 11 is 0. The van der Waals surface area contributed by atoms with Crippen molar-refractivity contribution in [1.82, 2.24) is 14.7 Å². The van der Waals surface area contributed by atoms with E-state index >= 15 is 0 Å². The molecule has 1 aliphatic heterocycles. The molecule has 102 valence electrons. The summed E-state index contributed by atoms with van der Waals surface area (Å²) in [6.07, 6.45) is 0.587. The van der Waals surface area contributed by atoms with E-state index in [-0.39, 0.29) is 29.0 Å². The summed E-state index contributed by atoms with van der Waals surface area (Å²) in [4.78, 5) is 36.3. The van der Waals surface area contributed by atoms with Crippen molar-refractivity contribution in [2.75, 3.05) is 20.2 Å². The Morgan fingerprint density at radius 2 is 2.16 bits per heavy atom. The fourth-order valence-corrected chi connectivity index (χ4v) is 2.08. The summed E-state index contributed by atoms with van der Waals surface area (Å²) in [6.45, 7) is 0.819. The lowest BCUT2D eigenvalue weighted by Gasteiger charge is -2.15. The quantitative estimate of drug-likeness (QED) is 0.668. The molecule has 2 heterocycles. The summed E-state index contributed by atoms with van der Waals surface area (Å²) in [5, 5.41) is 3.90. The molecule has 0 aliphatic carbocycles.